The van der Waals surface area contributed by atoms with Crippen LogP contribution in [0.15, 0.2) is 54.2 Å². The minimum absolute atomic E-state index is 0.0947. The molecule has 0 aliphatic carbocycles. The van der Waals surface area contributed by atoms with Gasteiger partial charge in [0.2, 0.25) is 5.91 Å². The molecule has 3 aromatic rings. The van der Waals surface area contributed by atoms with Gasteiger partial charge in [0.05, 0.1) is 19.2 Å². The first kappa shape index (κ1) is 15.2. The van der Waals surface area contributed by atoms with Crippen LogP contribution in [0, 0.1) is 0 Å². The standard InChI is InChI=1S/C17H15N3O2S/c1-22-13-5-2-4-12(8-13)15-10-16(19-11-18-15)20-17(21)9-14-6-3-7-23-14/h2-8,10-11H,9H2,1H3,(H,18,19,20,21). The van der Waals surface area contributed by atoms with Gasteiger partial charge in [-0.2, -0.15) is 0 Å². The van der Waals surface area contributed by atoms with Crippen molar-refractivity contribution in [3.63, 3.8) is 0 Å². The Kier molecular flexibility index (Phi) is 4.63. The number of carbonyl (C=O) groups is 1. The maximum absolute atomic E-state index is 12.0. The lowest BCUT2D eigenvalue weighted by Gasteiger charge is -2.07. The van der Waals surface area contributed by atoms with Gasteiger partial charge >= 0.3 is 0 Å². The van der Waals surface area contributed by atoms with Gasteiger partial charge < -0.3 is 10.1 Å². The van der Waals surface area contributed by atoms with Crippen molar-refractivity contribution in [2.75, 3.05) is 12.4 Å². The normalized spacial score (nSPS) is 10.3. The summed E-state index contributed by atoms with van der Waals surface area (Å²) in [6.07, 6.45) is 1.78. The molecule has 0 saturated carbocycles. The molecule has 0 aliphatic rings. The van der Waals surface area contributed by atoms with Crippen molar-refractivity contribution in [2.45, 2.75) is 6.42 Å². The smallest absolute Gasteiger partial charge is 0.230 e. The van der Waals surface area contributed by atoms with Crippen LogP contribution in [-0.2, 0) is 11.2 Å². The van der Waals surface area contributed by atoms with Crippen molar-refractivity contribution in [3.05, 3.63) is 59.0 Å². The number of ether oxygens (including phenoxy) is 1. The predicted octanol–water partition coefficient (Wildman–Crippen LogP) is 3.39. The molecule has 0 unspecified atom stereocenters. The molecule has 0 atom stereocenters. The van der Waals surface area contributed by atoms with E-state index < -0.39 is 0 Å². The van der Waals surface area contributed by atoms with Crippen molar-refractivity contribution < 1.29 is 9.53 Å². The molecular weight excluding hydrogens is 310 g/mol. The van der Waals surface area contributed by atoms with Crippen LogP contribution in [-0.4, -0.2) is 23.0 Å². The molecule has 1 N–H and O–H groups in total. The highest BCUT2D eigenvalue weighted by Crippen LogP contribution is 2.23. The minimum atomic E-state index is -0.0947. The van der Waals surface area contributed by atoms with E-state index in [9.17, 15) is 4.79 Å². The first-order valence-corrected chi connectivity index (χ1v) is 7.91. The highest BCUT2D eigenvalue weighted by atomic mass is 32.1. The van der Waals surface area contributed by atoms with Gasteiger partial charge in [-0.15, -0.1) is 11.3 Å². The Morgan fingerprint density at radius 2 is 2.13 bits per heavy atom. The average molecular weight is 325 g/mol. The second-order valence-corrected chi connectivity index (χ2v) is 5.86. The second kappa shape index (κ2) is 7.02. The summed E-state index contributed by atoms with van der Waals surface area (Å²) >= 11 is 1.56. The van der Waals surface area contributed by atoms with Gasteiger partial charge in [0.15, 0.2) is 0 Å². The molecule has 0 saturated heterocycles. The minimum Gasteiger partial charge on any atom is -0.497 e. The van der Waals surface area contributed by atoms with Gasteiger partial charge in [-0.1, -0.05) is 18.2 Å². The number of methoxy groups -OCH3 is 1. The van der Waals surface area contributed by atoms with Crippen LogP contribution in [0.1, 0.15) is 4.88 Å². The number of carbonyl (C=O) groups excluding carboxylic acids is 1. The Morgan fingerprint density at radius 3 is 2.91 bits per heavy atom. The number of rotatable bonds is 5. The predicted molar refractivity (Wildman–Crippen MR) is 90.7 cm³/mol. The van der Waals surface area contributed by atoms with E-state index in [4.69, 9.17) is 4.74 Å². The number of amides is 1. The van der Waals surface area contributed by atoms with Crippen LogP contribution in [0.3, 0.4) is 0 Å². The van der Waals surface area contributed by atoms with E-state index in [2.05, 4.69) is 15.3 Å². The fraction of sp³-hybridized carbons (Fsp3) is 0.118. The largest absolute Gasteiger partial charge is 0.497 e. The Balaban J connectivity index is 1.75. The molecule has 2 heterocycles. The van der Waals surface area contributed by atoms with Crippen LogP contribution < -0.4 is 10.1 Å². The van der Waals surface area contributed by atoms with Crippen LogP contribution in [0.25, 0.3) is 11.3 Å². The highest BCUT2D eigenvalue weighted by Gasteiger charge is 2.08. The van der Waals surface area contributed by atoms with Crippen LogP contribution in [0.4, 0.5) is 5.82 Å². The molecule has 0 spiro atoms. The summed E-state index contributed by atoms with van der Waals surface area (Å²) in [7, 11) is 1.62. The summed E-state index contributed by atoms with van der Waals surface area (Å²) in [6.45, 7) is 0. The Hall–Kier alpha value is -2.73. The van der Waals surface area contributed by atoms with Gasteiger partial charge in [0.1, 0.15) is 17.9 Å². The summed E-state index contributed by atoms with van der Waals surface area (Å²) in [6, 6.07) is 13.2. The maximum Gasteiger partial charge on any atom is 0.230 e. The number of hydrogen-bond donors (Lipinski definition) is 1. The molecule has 2 aromatic heterocycles. The molecular formula is C17H15N3O2S. The average Bonchev–Trinajstić information content (AvgIpc) is 3.08. The lowest BCUT2D eigenvalue weighted by Crippen LogP contribution is -2.14. The summed E-state index contributed by atoms with van der Waals surface area (Å²) < 4.78 is 5.22. The molecule has 3 rings (SSSR count). The number of aromatic nitrogens is 2. The van der Waals surface area contributed by atoms with Crippen molar-refractivity contribution in [1.29, 1.82) is 0 Å². The Morgan fingerprint density at radius 1 is 1.22 bits per heavy atom. The van der Waals surface area contributed by atoms with Gasteiger partial charge in [-0.05, 0) is 23.6 Å². The van der Waals surface area contributed by atoms with Crippen LogP contribution in [0.5, 0.6) is 5.75 Å². The molecule has 0 bridgehead atoms. The topological polar surface area (TPSA) is 64.1 Å². The fourth-order valence-electron chi connectivity index (χ4n) is 2.12. The van der Waals surface area contributed by atoms with E-state index in [1.807, 2.05) is 41.8 Å². The third-order valence-corrected chi connectivity index (χ3v) is 4.09. The first-order chi connectivity index (χ1) is 11.2. The molecule has 6 heteroatoms. The van der Waals surface area contributed by atoms with Crippen molar-refractivity contribution in [2.24, 2.45) is 0 Å². The van der Waals surface area contributed by atoms with E-state index in [-0.39, 0.29) is 5.91 Å². The third-order valence-electron chi connectivity index (χ3n) is 3.21. The molecule has 5 nitrogen and oxygen atoms in total. The lowest BCUT2D eigenvalue weighted by molar-refractivity contribution is -0.115. The molecule has 0 radical (unpaired) electrons. The van der Waals surface area contributed by atoms with E-state index in [0.717, 1.165) is 21.9 Å². The quantitative estimate of drug-likeness (QED) is 0.781. The zero-order chi connectivity index (χ0) is 16.1. The third kappa shape index (κ3) is 3.92. The summed E-state index contributed by atoms with van der Waals surface area (Å²) in [5, 5.41) is 4.76. The lowest BCUT2D eigenvalue weighted by atomic mass is 10.1. The summed E-state index contributed by atoms with van der Waals surface area (Å²) in [5.74, 6) is 1.14. The number of anilines is 1. The molecule has 0 fully saturated rings. The number of hydrogen-bond acceptors (Lipinski definition) is 5. The SMILES string of the molecule is COc1cccc(-c2cc(NC(=O)Cc3cccs3)ncn2)c1. The molecule has 116 valence electrons. The van der Waals surface area contributed by atoms with E-state index in [1.54, 1.807) is 24.5 Å². The number of thiophene rings is 1. The maximum atomic E-state index is 12.0. The van der Waals surface area contributed by atoms with Crippen molar-refractivity contribution in [1.82, 2.24) is 9.97 Å². The van der Waals surface area contributed by atoms with Crippen molar-refractivity contribution in [3.8, 4) is 17.0 Å². The fourth-order valence-corrected chi connectivity index (χ4v) is 2.83. The second-order valence-electron chi connectivity index (χ2n) is 4.82. The van der Waals surface area contributed by atoms with Crippen LogP contribution in [0.2, 0.25) is 0 Å². The summed E-state index contributed by atoms with van der Waals surface area (Å²) in [5.41, 5.74) is 1.63. The van der Waals surface area contributed by atoms with E-state index in [1.165, 1.54) is 6.33 Å². The van der Waals surface area contributed by atoms with Gasteiger partial charge in [-0.25, -0.2) is 9.97 Å². The Labute approximate surface area is 138 Å². The number of nitrogens with zero attached hydrogens (tertiary/aromatic N) is 2. The van der Waals surface area contributed by atoms with Crippen LogP contribution >= 0.6 is 11.3 Å². The zero-order valence-corrected chi connectivity index (χ0v) is 13.3. The highest BCUT2D eigenvalue weighted by molar-refractivity contribution is 7.10. The molecule has 1 aromatic carbocycles. The summed E-state index contributed by atoms with van der Waals surface area (Å²) in [4.78, 5) is 21.4. The monoisotopic (exact) mass is 325 g/mol. The number of nitrogens with one attached hydrogen (secondary N) is 1. The molecule has 0 aliphatic heterocycles. The molecule has 23 heavy (non-hydrogen) atoms. The number of benzene rings is 1. The Bertz CT molecular complexity index is 803. The van der Waals surface area contributed by atoms with Crippen molar-refractivity contribution >= 4 is 23.1 Å². The first-order valence-electron chi connectivity index (χ1n) is 7.03. The van der Waals surface area contributed by atoms with Gasteiger partial charge in [-0.3, -0.25) is 4.79 Å². The van der Waals surface area contributed by atoms with E-state index >= 15 is 0 Å². The van der Waals surface area contributed by atoms with Gasteiger partial charge in [0, 0.05) is 16.5 Å². The molecule has 1 amide bonds. The zero-order valence-electron chi connectivity index (χ0n) is 12.5. The van der Waals surface area contributed by atoms with Gasteiger partial charge in [0.25, 0.3) is 0 Å². The van der Waals surface area contributed by atoms with E-state index in [0.29, 0.717) is 12.2 Å².